The molecule has 2 nitrogen and oxygen atoms in total. The van der Waals surface area contributed by atoms with E-state index in [2.05, 4.69) is 12.1 Å². The lowest BCUT2D eigenvalue weighted by Crippen LogP contribution is -1.98. The molecule has 0 spiro atoms. The van der Waals surface area contributed by atoms with Crippen LogP contribution in [0.25, 0.3) is 11.1 Å². The van der Waals surface area contributed by atoms with Gasteiger partial charge in [-0.05, 0) is 28.8 Å². The van der Waals surface area contributed by atoms with Gasteiger partial charge in [-0.3, -0.25) is 0 Å². The van der Waals surface area contributed by atoms with Crippen molar-refractivity contribution in [2.45, 2.75) is 6.54 Å². The van der Waals surface area contributed by atoms with Gasteiger partial charge >= 0.3 is 0 Å². The zero-order valence-corrected chi connectivity index (χ0v) is 10.5. The van der Waals surface area contributed by atoms with E-state index in [-0.39, 0.29) is 12.4 Å². The molecule has 0 bridgehead atoms. The van der Waals surface area contributed by atoms with Crippen molar-refractivity contribution >= 4 is 12.4 Å². The summed E-state index contributed by atoms with van der Waals surface area (Å²) in [6.45, 7) is 0.558. The molecule has 2 rings (SSSR count). The third kappa shape index (κ3) is 2.99. The fourth-order valence-corrected chi connectivity index (χ4v) is 1.75. The van der Waals surface area contributed by atoms with Crippen LogP contribution in [-0.4, -0.2) is 7.11 Å². The molecule has 17 heavy (non-hydrogen) atoms. The van der Waals surface area contributed by atoms with Crippen LogP contribution in [0.4, 0.5) is 0 Å². The fraction of sp³-hybridized carbons (Fsp3) is 0.143. The lowest BCUT2D eigenvalue weighted by molar-refractivity contribution is 0.415. The first kappa shape index (κ1) is 13.6. The van der Waals surface area contributed by atoms with E-state index in [4.69, 9.17) is 10.5 Å². The highest BCUT2D eigenvalue weighted by Crippen LogP contribution is 2.25. The highest BCUT2D eigenvalue weighted by atomic mass is 35.5. The minimum atomic E-state index is 0. The van der Waals surface area contributed by atoms with Crippen molar-refractivity contribution in [2.75, 3.05) is 7.11 Å². The Morgan fingerprint density at radius 1 is 1.00 bits per heavy atom. The molecule has 2 aromatic rings. The summed E-state index contributed by atoms with van der Waals surface area (Å²) in [6, 6.07) is 16.2. The molecule has 0 aromatic heterocycles. The van der Waals surface area contributed by atoms with Gasteiger partial charge in [-0.25, -0.2) is 0 Å². The maximum Gasteiger partial charge on any atom is 0.118 e. The SMILES string of the molecule is COc1ccc(-c2ccccc2CN)cc1.Cl. The van der Waals surface area contributed by atoms with Gasteiger partial charge in [0.2, 0.25) is 0 Å². The quantitative estimate of drug-likeness (QED) is 0.906. The van der Waals surface area contributed by atoms with Crippen molar-refractivity contribution in [1.29, 1.82) is 0 Å². The van der Waals surface area contributed by atoms with Gasteiger partial charge < -0.3 is 10.5 Å². The Labute approximate surface area is 108 Å². The third-order valence-electron chi connectivity index (χ3n) is 2.64. The number of ether oxygens (including phenoxy) is 1. The van der Waals surface area contributed by atoms with E-state index in [1.54, 1.807) is 7.11 Å². The smallest absolute Gasteiger partial charge is 0.118 e. The summed E-state index contributed by atoms with van der Waals surface area (Å²) in [5.41, 5.74) is 9.24. The van der Waals surface area contributed by atoms with Crippen LogP contribution in [0, 0.1) is 0 Å². The first-order valence-electron chi connectivity index (χ1n) is 5.27. The van der Waals surface area contributed by atoms with E-state index < -0.39 is 0 Å². The van der Waals surface area contributed by atoms with E-state index in [1.165, 1.54) is 11.1 Å². The molecule has 0 heterocycles. The topological polar surface area (TPSA) is 35.2 Å². The number of benzene rings is 2. The van der Waals surface area contributed by atoms with Gasteiger partial charge in [0, 0.05) is 6.54 Å². The predicted molar refractivity (Wildman–Crippen MR) is 73.6 cm³/mol. The molecule has 0 saturated carbocycles. The number of hydrogen-bond acceptors (Lipinski definition) is 2. The van der Waals surface area contributed by atoms with E-state index in [0.717, 1.165) is 11.3 Å². The van der Waals surface area contributed by atoms with Crippen LogP contribution in [0.1, 0.15) is 5.56 Å². The minimum absolute atomic E-state index is 0. The van der Waals surface area contributed by atoms with Crippen LogP contribution in [0.3, 0.4) is 0 Å². The minimum Gasteiger partial charge on any atom is -0.497 e. The number of halogens is 1. The molecule has 2 aromatic carbocycles. The maximum atomic E-state index is 5.72. The second-order valence-corrected chi connectivity index (χ2v) is 3.59. The number of nitrogens with two attached hydrogens (primary N) is 1. The molecule has 0 amide bonds. The van der Waals surface area contributed by atoms with Gasteiger partial charge in [0.1, 0.15) is 5.75 Å². The monoisotopic (exact) mass is 249 g/mol. The second-order valence-electron chi connectivity index (χ2n) is 3.59. The molecule has 0 aliphatic rings. The zero-order chi connectivity index (χ0) is 11.4. The van der Waals surface area contributed by atoms with Gasteiger partial charge in [-0.15, -0.1) is 12.4 Å². The average Bonchev–Trinajstić information content (AvgIpc) is 2.39. The van der Waals surface area contributed by atoms with Crippen molar-refractivity contribution in [3.63, 3.8) is 0 Å². The molecule has 0 aliphatic heterocycles. The van der Waals surface area contributed by atoms with Crippen LogP contribution in [0.15, 0.2) is 48.5 Å². The van der Waals surface area contributed by atoms with Crippen LogP contribution in [0.2, 0.25) is 0 Å². The maximum absolute atomic E-state index is 5.72. The summed E-state index contributed by atoms with van der Waals surface area (Å²) in [4.78, 5) is 0. The van der Waals surface area contributed by atoms with Crippen molar-refractivity contribution in [1.82, 2.24) is 0 Å². The van der Waals surface area contributed by atoms with Crippen molar-refractivity contribution < 1.29 is 4.74 Å². The summed E-state index contributed by atoms with van der Waals surface area (Å²) in [5, 5.41) is 0. The molecule has 0 fully saturated rings. The van der Waals surface area contributed by atoms with Crippen LogP contribution < -0.4 is 10.5 Å². The predicted octanol–water partition coefficient (Wildman–Crippen LogP) is 3.24. The molecule has 0 radical (unpaired) electrons. The summed E-state index contributed by atoms with van der Waals surface area (Å²) < 4.78 is 5.14. The Morgan fingerprint density at radius 2 is 1.65 bits per heavy atom. The highest BCUT2D eigenvalue weighted by molar-refractivity contribution is 5.85. The van der Waals surface area contributed by atoms with Crippen molar-refractivity contribution in [3.05, 3.63) is 54.1 Å². The second kappa shape index (κ2) is 6.28. The molecule has 0 aliphatic carbocycles. The van der Waals surface area contributed by atoms with E-state index in [1.807, 2.05) is 36.4 Å². The van der Waals surface area contributed by atoms with Gasteiger partial charge in [0.15, 0.2) is 0 Å². The number of methoxy groups -OCH3 is 1. The van der Waals surface area contributed by atoms with E-state index in [0.29, 0.717) is 6.54 Å². The Bertz CT molecular complexity index is 468. The molecule has 0 unspecified atom stereocenters. The van der Waals surface area contributed by atoms with E-state index >= 15 is 0 Å². The summed E-state index contributed by atoms with van der Waals surface area (Å²) in [6.07, 6.45) is 0. The van der Waals surface area contributed by atoms with Crippen molar-refractivity contribution in [2.24, 2.45) is 5.73 Å². The lowest BCUT2D eigenvalue weighted by Gasteiger charge is -2.08. The molecule has 90 valence electrons. The molecule has 2 N–H and O–H groups in total. The Morgan fingerprint density at radius 3 is 2.24 bits per heavy atom. The Kier molecular flexibility index (Phi) is 5.01. The molecular weight excluding hydrogens is 234 g/mol. The van der Waals surface area contributed by atoms with Crippen LogP contribution in [-0.2, 0) is 6.54 Å². The molecular formula is C14H16ClNO. The Balaban J connectivity index is 0.00000144. The molecule has 0 saturated heterocycles. The average molecular weight is 250 g/mol. The fourth-order valence-electron chi connectivity index (χ4n) is 1.75. The number of hydrogen-bond donors (Lipinski definition) is 1. The first-order chi connectivity index (χ1) is 7.85. The Hall–Kier alpha value is -1.51. The first-order valence-corrected chi connectivity index (χ1v) is 5.27. The zero-order valence-electron chi connectivity index (χ0n) is 9.72. The van der Waals surface area contributed by atoms with Gasteiger partial charge in [-0.1, -0.05) is 36.4 Å². The number of rotatable bonds is 3. The van der Waals surface area contributed by atoms with Crippen molar-refractivity contribution in [3.8, 4) is 16.9 Å². The molecule has 0 atom stereocenters. The summed E-state index contributed by atoms with van der Waals surface area (Å²) in [7, 11) is 1.67. The van der Waals surface area contributed by atoms with Crippen LogP contribution >= 0.6 is 12.4 Å². The largest absolute Gasteiger partial charge is 0.497 e. The van der Waals surface area contributed by atoms with Gasteiger partial charge in [0.25, 0.3) is 0 Å². The van der Waals surface area contributed by atoms with Gasteiger partial charge in [-0.2, -0.15) is 0 Å². The summed E-state index contributed by atoms with van der Waals surface area (Å²) in [5.74, 6) is 0.869. The normalized spacial score (nSPS) is 9.53. The summed E-state index contributed by atoms with van der Waals surface area (Å²) >= 11 is 0. The highest BCUT2D eigenvalue weighted by Gasteiger charge is 2.02. The lowest BCUT2D eigenvalue weighted by atomic mass is 10.00. The third-order valence-corrected chi connectivity index (χ3v) is 2.64. The molecule has 3 heteroatoms. The van der Waals surface area contributed by atoms with E-state index in [9.17, 15) is 0 Å². The van der Waals surface area contributed by atoms with Gasteiger partial charge in [0.05, 0.1) is 7.11 Å². The van der Waals surface area contributed by atoms with Crippen LogP contribution in [0.5, 0.6) is 5.75 Å². The standard InChI is InChI=1S/C14H15NO.ClH/c1-16-13-8-6-11(7-9-13)14-5-3-2-4-12(14)10-15;/h2-9H,10,15H2,1H3;1H.